The van der Waals surface area contributed by atoms with Crippen LogP contribution >= 0.6 is 31.9 Å². The van der Waals surface area contributed by atoms with E-state index in [1.54, 1.807) is 12.1 Å². The molecule has 3 rings (SSSR count). The number of esters is 1. The highest BCUT2D eigenvalue weighted by Gasteiger charge is 2.17. The third kappa shape index (κ3) is 6.68. The van der Waals surface area contributed by atoms with Crippen LogP contribution in [0.15, 0.2) is 74.7 Å². The molecule has 0 bridgehead atoms. The van der Waals surface area contributed by atoms with Gasteiger partial charge < -0.3 is 9.47 Å². The van der Waals surface area contributed by atoms with Crippen LogP contribution in [0.25, 0.3) is 0 Å². The van der Waals surface area contributed by atoms with Crippen LogP contribution in [0.2, 0.25) is 0 Å². The smallest absolute Gasteiger partial charge is 0.343 e. The molecule has 1 amide bonds. The standard InChI is InChI=1S/C22H14Br2FN3O6/c23-15-8-14(21(17(24)10-15)34-22(30)13-4-3-5-16(25)9-13)11-26-27-20(29)12-33-19-7-2-1-6-18(19)28(31)32/h1-11H,12H2,(H,27,29)/b26-11-. The Morgan fingerprint density at radius 1 is 1.12 bits per heavy atom. The first-order valence-electron chi connectivity index (χ1n) is 9.39. The van der Waals surface area contributed by atoms with E-state index < -0.39 is 29.2 Å². The first-order valence-corrected chi connectivity index (χ1v) is 11.0. The molecule has 174 valence electrons. The molecule has 9 nitrogen and oxygen atoms in total. The number of amides is 1. The predicted molar refractivity (Wildman–Crippen MR) is 128 cm³/mol. The molecule has 3 aromatic rings. The summed E-state index contributed by atoms with van der Waals surface area (Å²) in [6.45, 7) is -0.522. The number of hydrogen-bond donors (Lipinski definition) is 1. The van der Waals surface area contributed by atoms with E-state index in [-0.39, 0.29) is 22.7 Å². The third-order valence-corrected chi connectivity index (χ3v) is 5.15. The normalized spacial score (nSPS) is 10.7. The zero-order valence-electron chi connectivity index (χ0n) is 17.0. The summed E-state index contributed by atoms with van der Waals surface area (Å²) in [6.07, 6.45) is 1.23. The van der Waals surface area contributed by atoms with E-state index in [1.165, 1.54) is 48.7 Å². The molecule has 0 unspecified atom stereocenters. The molecular formula is C22H14Br2FN3O6. The third-order valence-electron chi connectivity index (χ3n) is 4.11. The first kappa shape index (κ1) is 25.0. The molecule has 0 aromatic heterocycles. The number of nitrogens with one attached hydrogen (secondary N) is 1. The highest BCUT2D eigenvalue weighted by molar-refractivity contribution is 9.11. The Balaban J connectivity index is 1.69. The van der Waals surface area contributed by atoms with Gasteiger partial charge in [-0.2, -0.15) is 5.10 Å². The van der Waals surface area contributed by atoms with Crippen molar-refractivity contribution < 1.29 is 28.4 Å². The summed E-state index contributed by atoms with van der Waals surface area (Å²) in [6, 6.07) is 13.9. The number of carbonyl (C=O) groups excluding carboxylic acids is 2. The van der Waals surface area contributed by atoms with Crippen molar-refractivity contribution in [2.24, 2.45) is 5.10 Å². The molecule has 0 heterocycles. The van der Waals surface area contributed by atoms with Crippen LogP contribution in [0.4, 0.5) is 10.1 Å². The fourth-order valence-corrected chi connectivity index (χ4v) is 3.97. The lowest BCUT2D eigenvalue weighted by Crippen LogP contribution is -2.24. The van der Waals surface area contributed by atoms with Crippen LogP contribution in [-0.4, -0.2) is 29.6 Å². The largest absolute Gasteiger partial charge is 0.477 e. The lowest BCUT2D eigenvalue weighted by molar-refractivity contribution is -0.385. The topological polar surface area (TPSA) is 120 Å². The molecule has 0 aliphatic carbocycles. The minimum Gasteiger partial charge on any atom is -0.477 e. The van der Waals surface area contributed by atoms with Gasteiger partial charge in [0, 0.05) is 16.1 Å². The highest BCUT2D eigenvalue weighted by Crippen LogP contribution is 2.33. The minimum absolute atomic E-state index is 0.0122. The van der Waals surface area contributed by atoms with Gasteiger partial charge in [-0.05, 0) is 52.3 Å². The Hall–Kier alpha value is -3.64. The fraction of sp³-hybridized carbons (Fsp3) is 0.0455. The van der Waals surface area contributed by atoms with E-state index >= 15 is 0 Å². The molecular weight excluding hydrogens is 581 g/mol. The molecule has 0 fully saturated rings. The van der Waals surface area contributed by atoms with E-state index in [4.69, 9.17) is 9.47 Å². The van der Waals surface area contributed by atoms with E-state index in [2.05, 4.69) is 42.4 Å². The zero-order chi connectivity index (χ0) is 24.7. The molecule has 0 saturated heterocycles. The fourth-order valence-electron chi connectivity index (χ4n) is 2.63. The van der Waals surface area contributed by atoms with Crippen molar-refractivity contribution in [3.8, 4) is 11.5 Å². The number of halogens is 3. The van der Waals surface area contributed by atoms with Gasteiger partial charge in [0.1, 0.15) is 5.82 Å². The number of carbonyl (C=O) groups is 2. The maximum Gasteiger partial charge on any atom is 0.343 e. The van der Waals surface area contributed by atoms with Crippen LogP contribution in [0, 0.1) is 15.9 Å². The van der Waals surface area contributed by atoms with Crippen LogP contribution in [0.1, 0.15) is 15.9 Å². The number of nitro groups is 1. The van der Waals surface area contributed by atoms with Crippen molar-refractivity contribution in [1.29, 1.82) is 0 Å². The average Bonchev–Trinajstić information content (AvgIpc) is 2.79. The summed E-state index contributed by atoms with van der Waals surface area (Å²) in [5.41, 5.74) is 2.27. The molecule has 0 saturated carbocycles. The van der Waals surface area contributed by atoms with Gasteiger partial charge >= 0.3 is 11.7 Å². The second-order valence-corrected chi connectivity index (χ2v) is 8.28. The van der Waals surface area contributed by atoms with Gasteiger partial charge in [0.2, 0.25) is 0 Å². The number of rotatable bonds is 8. The highest BCUT2D eigenvalue weighted by atomic mass is 79.9. The van der Waals surface area contributed by atoms with Crippen molar-refractivity contribution in [2.45, 2.75) is 0 Å². The summed E-state index contributed by atoms with van der Waals surface area (Å²) in [5, 5.41) is 14.8. The van der Waals surface area contributed by atoms with Crippen molar-refractivity contribution in [2.75, 3.05) is 6.61 Å². The van der Waals surface area contributed by atoms with Crippen LogP contribution in [0.3, 0.4) is 0 Å². The van der Waals surface area contributed by atoms with Gasteiger partial charge in [-0.3, -0.25) is 14.9 Å². The lowest BCUT2D eigenvalue weighted by atomic mass is 10.2. The van der Waals surface area contributed by atoms with Crippen molar-refractivity contribution in [1.82, 2.24) is 5.43 Å². The van der Waals surface area contributed by atoms with Gasteiger partial charge in [-0.15, -0.1) is 0 Å². The van der Waals surface area contributed by atoms with E-state index in [0.717, 1.165) is 6.07 Å². The van der Waals surface area contributed by atoms with Gasteiger partial charge in [0.05, 0.1) is 21.2 Å². The second-order valence-electron chi connectivity index (χ2n) is 6.51. The van der Waals surface area contributed by atoms with Crippen molar-refractivity contribution in [3.05, 3.63) is 96.7 Å². The molecule has 1 N–H and O–H groups in total. The van der Waals surface area contributed by atoms with Gasteiger partial charge in [-0.1, -0.05) is 34.1 Å². The Kier molecular flexibility index (Phi) is 8.44. The summed E-state index contributed by atoms with van der Waals surface area (Å²) in [7, 11) is 0. The average molecular weight is 595 g/mol. The molecule has 34 heavy (non-hydrogen) atoms. The summed E-state index contributed by atoms with van der Waals surface area (Å²) < 4.78 is 25.0. The maximum atomic E-state index is 13.4. The van der Waals surface area contributed by atoms with Crippen LogP contribution < -0.4 is 14.9 Å². The summed E-state index contributed by atoms with van der Waals surface area (Å²) in [4.78, 5) is 34.9. The van der Waals surface area contributed by atoms with Crippen molar-refractivity contribution in [3.63, 3.8) is 0 Å². The Morgan fingerprint density at radius 2 is 1.88 bits per heavy atom. The van der Waals surface area contributed by atoms with E-state index in [9.17, 15) is 24.1 Å². The minimum atomic E-state index is -0.793. The SMILES string of the molecule is O=C(COc1ccccc1[N+](=O)[O-])N/N=C\c1cc(Br)cc(Br)c1OC(=O)c1cccc(F)c1. The monoisotopic (exact) mass is 593 g/mol. The summed E-state index contributed by atoms with van der Waals surface area (Å²) in [5.74, 6) is -2.03. The molecule has 0 aliphatic heterocycles. The van der Waals surface area contributed by atoms with E-state index in [0.29, 0.717) is 14.5 Å². The Labute approximate surface area is 209 Å². The number of nitro benzene ring substituents is 1. The summed E-state index contributed by atoms with van der Waals surface area (Å²) >= 11 is 6.61. The molecule has 0 spiro atoms. The second kappa shape index (κ2) is 11.5. The lowest BCUT2D eigenvalue weighted by Gasteiger charge is -2.10. The predicted octanol–water partition coefficient (Wildman–Crippen LogP) is 5.01. The molecule has 0 aliphatic rings. The number of hydrogen-bond acceptors (Lipinski definition) is 7. The quantitative estimate of drug-likeness (QED) is 0.129. The molecule has 0 radical (unpaired) electrons. The Bertz CT molecular complexity index is 1290. The van der Waals surface area contributed by atoms with Gasteiger partial charge in [0.25, 0.3) is 5.91 Å². The Morgan fingerprint density at radius 3 is 2.62 bits per heavy atom. The van der Waals surface area contributed by atoms with Gasteiger partial charge in [-0.25, -0.2) is 14.6 Å². The first-order chi connectivity index (χ1) is 16.2. The zero-order valence-corrected chi connectivity index (χ0v) is 20.2. The maximum absolute atomic E-state index is 13.4. The number of benzene rings is 3. The van der Waals surface area contributed by atoms with Crippen molar-refractivity contribution >= 4 is 55.6 Å². The molecule has 12 heteroatoms. The number of ether oxygens (including phenoxy) is 2. The molecule has 0 atom stereocenters. The molecule has 3 aromatic carbocycles. The number of nitrogens with zero attached hydrogens (tertiary/aromatic N) is 2. The van der Waals surface area contributed by atoms with Crippen LogP contribution in [-0.2, 0) is 4.79 Å². The van der Waals surface area contributed by atoms with Gasteiger partial charge in [0.15, 0.2) is 18.1 Å². The van der Waals surface area contributed by atoms with Crippen LogP contribution in [0.5, 0.6) is 11.5 Å². The van der Waals surface area contributed by atoms with E-state index in [1.807, 2.05) is 0 Å². The number of para-hydroxylation sites is 2. The number of hydrazone groups is 1.